The number of hydrogen-bond donors (Lipinski definition) is 1. The molecule has 2 heterocycles. The molecular weight excluding hydrogens is 354 g/mol. The minimum absolute atomic E-state index is 0.108. The number of ether oxygens (including phenoxy) is 3. The van der Waals surface area contributed by atoms with E-state index in [1.165, 1.54) is 12.3 Å². The first-order valence-electron chi connectivity index (χ1n) is 8.24. The van der Waals surface area contributed by atoms with Gasteiger partial charge in [0.2, 0.25) is 6.79 Å². The molecule has 3 rings (SSSR count). The second-order valence-electron chi connectivity index (χ2n) is 7.04. The van der Waals surface area contributed by atoms with Crippen LogP contribution in [0.2, 0.25) is 0 Å². The molecule has 8 heteroatoms. The maximum absolute atomic E-state index is 12.4. The Morgan fingerprint density at radius 1 is 1.15 bits per heavy atom. The number of carbonyl (C=O) groups is 2. The Kier molecular flexibility index (Phi) is 4.65. The Bertz CT molecular complexity index is 969. The summed E-state index contributed by atoms with van der Waals surface area (Å²) >= 11 is 0. The van der Waals surface area contributed by atoms with Gasteiger partial charge >= 0.3 is 11.9 Å². The fourth-order valence-corrected chi connectivity index (χ4v) is 2.65. The van der Waals surface area contributed by atoms with Crippen LogP contribution in [0.25, 0.3) is 11.1 Å². The molecule has 2 aromatic rings. The number of nitrogens with zero attached hydrogens (tertiary/aromatic N) is 1. The first kappa shape index (κ1) is 18.5. The van der Waals surface area contributed by atoms with E-state index in [1.807, 2.05) is 0 Å². The summed E-state index contributed by atoms with van der Waals surface area (Å²) in [5, 5.41) is 9.36. The molecule has 142 valence electrons. The lowest BCUT2D eigenvalue weighted by atomic mass is 10.0. The first-order valence-corrected chi connectivity index (χ1v) is 8.24. The van der Waals surface area contributed by atoms with Crippen molar-refractivity contribution in [3.63, 3.8) is 0 Å². The van der Waals surface area contributed by atoms with Crippen molar-refractivity contribution >= 4 is 11.9 Å². The fourth-order valence-electron chi connectivity index (χ4n) is 2.65. The number of pyridine rings is 1. The predicted octanol–water partition coefficient (Wildman–Crippen LogP) is 2.28. The first-order chi connectivity index (χ1) is 12.6. The van der Waals surface area contributed by atoms with Crippen molar-refractivity contribution in [1.29, 1.82) is 0 Å². The molecule has 1 aliphatic rings. The lowest BCUT2D eigenvalue weighted by Crippen LogP contribution is -2.32. The van der Waals surface area contributed by atoms with E-state index in [2.05, 4.69) is 0 Å². The van der Waals surface area contributed by atoms with Gasteiger partial charge in [-0.1, -0.05) is 6.07 Å². The van der Waals surface area contributed by atoms with Crippen molar-refractivity contribution in [2.45, 2.75) is 32.9 Å². The molecule has 1 N–H and O–H groups in total. The molecule has 0 saturated carbocycles. The summed E-state index contributed by atoms with van der Waals surface area (Å²) in [5.74, 6) is -0.905. The number of esters is 1. The number of carbonyl (C=O) groups excluding carboxylic acids is 1. The molecule has 0 fully saturated rings. The molecule has 0 amide bonds. The van der Waals surface area contributed by atoms with Gasteiger partial charge in [0, 0.05) is 6.20 Å². The van der Waals surface area contributed by atoms with Gasteiger partial charge < -0.3 is 23.9 Å². The minimum atomic E-state index is -1.37. The number of hydrogen-bond acceptors (Lipinski definition) is 6. The van der Waals surface area contributed by atoms with Gasteiger partial charge in [0.25, 0.3) is 5.56 Å². The molecule has 0 unspecified atom stereocenters. The number of aromatic carboxylic acids is 1. The summed E-state index contributed by atoms with van der Waals surface area (Å²) in [7, 11) is 0. The van der Waals surface area contributed by atoms with Crippen LogP contribution < -0.4 is 15.0 Å². The molecule has 8 nitrogen and oxygen atoms in total. The zero-order valence-corrected chi connectivity index (χ0v) is 15.1. The highest BCUT2D eigenvalue weighted by Gasteiger charge is 2.21. The van der Waals surface area contributed by atoms with Gasteiger partial charge in [-0.25, -0.2) is 4.79 Å². The third-order valence-electron chi connectivity index (χ3n) is 3.74. The number of rotatable bonds is 4. The lowest BCUT2D eigenvalue weighted by Gasteiger charge is -2.20. The zero-order valence-electron chi connectivity index (χ0n) is 15.1. The van der Waals surface area contributed by atoms with Crippen LogP contribution in [0, 0.1) is 0 Å². The second kappa shape index (κ2) is 6.79. The summed E-state index contributed by atoms with van der Waals surface area (Å²) in [4.78, 5) is 36.0. The van der Waals surface area contributed by atoms with Crippen molar-refractivity contribution in [1.82, 2.24) is 4.57 Å². The minimum Gasteiger partial charge on any atom is -0.477 e. The molecule has 0 radical (unpaired) electrons. The quantitative estimate of drug-likeness (QED) is 0.820. The highest BCUT2D eigenvalue weighted by atomic mass is 16.7. The highest BCUT2D eigenvalue weighted by molar-refractivity contribution is 5.89. The van der Waals surface area contributed by atoms with Gasteiger partial charge in [-0.05, 0) is 50.1 Å². The van der Waals surface area contributed by atoms with Crippen molar-refractivity contribution in [2.75, 3.05) is 6.79 Å². The van der Waals surface area contributed by atoms with E-state index in [1.54, 1.807) is 39.0 Å². The Labute approximate surface area is 154 Å². The van der Waals surface area contributed by atoms with Crippen molar-refractivity contribution in [3.05, 3.63) is 46.4 Å². The maximum atomic E-state index is 12.4. The van der Waals surface area contributed by atoms with Gasteiger partial charge in [0.15, 0.2) is 11.5 Å². The summed E-state index contributed by atoms with van der Waals surface area (Å²) in [6.07, 6.45) is 1.43. The van der Waals surface area contributed by atoms with Crippen LogP contribution in [0.15, 0.2) is 35.3 Å². The number of benzene rings is 1. The SMILES string of the molecule is CC(C)(C)OC(=O)Cn1cc(-c2ccc3c(c2)OCO3)cc(C(=O)O)c1=O. The molecule has 27 heavy (non-hydrogen) atoms. The standard InChI is InChI=1S/C19H19NO7/c1-19(2,3)27-16(21)9-20-8-12(6-13(17(20)22)18(23)24)11-4-5-14-15(7-11)26-10-25-14/h4-8H,9-10H2,1-3H3,(H,23,24). The van der Waals surface area contributed by atoms with E-state index in [-0.39, 0.29) is 6.79 Å². The Hall–Kier alpha value is -3.29. The molecular formula is C19H19NO7. The monoisotopic (exact) mass is 373 g/mol. The topological polar surface area (TPSA) is 104 Å². The van der Waals surface area contributed by atoms with Crippen molar-refractivity contribution < 1.29 is 28.9 Å². The van der Waals surface area contributed by atoms with Crippen LogP contribution >= 0.6 is 0 Å². The van der Waals surface area contributed by atoms with Crippen LogP contribution in [-0.4, -0.2) is 34.0 Å². The van der Waals surface area contributed by atoms with Crippen LogP contribution in [0.5, 0.6) is 11.5 Å². The van der Waals surface area contributed by atoms with E-state index in [4.69, 9.17) is 14.2 Å². The maximum Gasteiger partial charge on any atom is 0.341 e. The van der Waals surface area contributed by atoms with E-state index in [0.717, 1.165) is 4.57 Å². The van der Waals surface area contributed by atoms with Crippen LogP contribution in [0.4, 0.5) is 0 Å². The summed E-state index contributed by atoms with van der Waals surface area (Å²) in [5.41, 5.74) is -0.856. The lowest BCUT2D eigenvalue weighted by molar-refractivity contribution is -0.155. The van der Waals surface area contributed by atoms with Gasteiger partial charge in [-0.2, -0.15) is 0 Å². The van der Waals surface area contributed by atoms with E-state index in [9.17, 15) is 19.5 Å². The molecule has 1 aliphatic heterocycles. The number of carboxylic acids is 1. The van der Waals surface area contributed by atoms with Gasteiger partial charge in [-0.3, -0.25) is 9.59 Å². The van der Waals surface area contributed by atoms with E-state index in [0.29, 0.717) is 22.6 Å². The molecule has 0 spiro atoms. The summed E-state index contributed by atoms with van der Waals surface area (Å²) in [6.45, 7) is 4.84. The smallest absolute Gasteiger partial charge is 0.341 e. The Balaban J connectivity index is 2.02. The summed E-state index contributed by atoms with van der Waals surface area (Å²) in [6, 6.07) is 6.37. The van der Waals surface area contributed by atoms with Gasteiger partial charge in [0.1, 0.15) is 17.7 Å². The molecule has 1 aromatic heterocycles. The fraction of sp³-hybridized carbons (Fsp3) is 0.316. The third kappa shape index (κ3) is 4.11. The Morgan fingerprint density at radius 2 is 1.85 bits per heavy atom. The molecule has 0 bridgehead atoms. The van der Waals surface area contributed by atoms with E-state index < -0.39 is 35.2 Å². The molecule has 1 aromatic carbocycles. The average Bonchev–Trinajstić information content (AvgIpc) is 3.02. The molecule has 0 saturated heterocycles. The number of aromatic nitrogens is 1. The van der Waals surface area contributed by atoms with Crippen molar-refractivity contribution in [2.24, 2.45) is 0 Å². The predicted molar refractivity (Wildman–Crippen MR) is 95.1 cm³/mol. The normalized spacial score (nSPS) is 12.7. The highest BCUT2D eigenvalue weighted by Crippen LogP contribution is 2.35. The van der Waals surface area contributed by atoms with Gasteiger partial charge in [-0.15, -0.1) is 0 Å². The molecule has 0 atom stereocenters. The summed E-state index contributed by atoms with van der Waals surface area (Å²) < 4.78 is 16.9. The van der Waals surface area contributed by atoms with E-state index >= 15 is 0 Å². The third-order valence-corrected chi connectivity index (χ3v) is 3.74. The zero-order chi connectivity index (χ0) is 19.8. The largest absolute Gasteiger partial charge is 0.477 e. The second-order valence-corrected chi connectivity index (χ2v) is 7.04. The van der Waals surface area contributed by atoms with Crippen LogP contribution in [0.3, 0.4) is 0 Å². The van der Waals surface area contributed by atoms with Crippen LogP contribution in [0.1, 0.15) is 31.1 Å². The molecule has 0 aliphatic carbocycles. The van der Waals surface area contributed by atoms with Crippen LogP contribution in [-0.2, 0) is 16.1 Å². The Morgan fingerprint density at radius 3 is 2.52 bits per heavy atom. The number of carboxylic acid groups (broad SMARTS) is 1. The number of fused-ring (bicyclic) bond motifs is 1. The van der Waals surface area contributed by atoms with Gasteiger partial charge in [0.05, 0.1) is 0 Å². The average molecular weight is 373 g/mol. The van der Waals surface area contributed by atoms with Crippen molar-refractivity contribution in [3.8, 4) is 22.6 Å².